The van der Waals surface area contributed by atoms with E-state index in [9.17, 15) is 9.18 Å². The van der Waals surface area contributed by atoms with E-state index in [4.69, 9.17) is 0 Å². The minimum atomic E-state index is -0.276. The number of hydrogen-bond acceptors (Lipinski definition) is 3. The van der Waals surface area contributed by atoms with Crippen molar-refractivity contribution in [3.63, 3.8) is 0 Å². The van der Waals surface area contributed by atoms with Gasteiger partial charge in [0.05, 0.1) is 6.20 Å². The summed E-state index contributed by atoms with van der Waals surface area (Å²) in [5.41, 5.74) is 1.23. The molecule has 0 N–H and O–H groups in total. The van der Waals surface area contributed by atoms with Crippen LogP contribution in [0.15, 0.2) is 42.9 Å². The zero-order valence-electron chi connectivity index (χ0n) is 12.7. The Balaban J connectivity index is 2.11. The van der Waals surface area contributed by atoms with Gasteiger partial charge in [0.2, 0.25) is 0 Å². The van der Waals surface area contributed by atoms with Gasteiger partial charge < -0.3 is 4.90 Å². The van der Waals surface area contributed by atoms with Crippen molar-refractivity contribution in [2.75, 3.05) is 6.54 Å². The predicted octanol–water partition coefficient (Wildman–Crippen LogP) is 3.45. The van der Waals surface area contributed by atoms with Crippen molar-refractivity contribution in [2.45, 2.75) is 32.7 Å². The van der Waals surface area contributed by atoms with Crippen LogP contribution in [0.1, 0.15) is 42.2 Å². The van der Waals surface area contributed by atoms with Crippen LogP contribution in [0, 0.1) is 5.82 Å². The van der Waals surface area contributed by atoms with Crippen molar-refractivity contribution in [2.24, 2.45) is 0 Å². The lowest BCUT2D eigenvalue weighted by Crippen LogP contribution is -2.32. The van der Waals surface area contributed by atoms with Crippen LogP contribution in [-0.2, 0) is 6.54 Å². The number of halogens is 1. The molecule has 4 nitrogen and oxygen atoms in total. The Kier molecular flexibility index (Phi) is 6.01. The van der Waals surface area contributed by atoms with Gasteiger partial charge in [0.25, 0.3) is 5.91 Å². The Morgan fingerprint density at radius 1 is 1.18 bits per heavy atom. The van der Waals surface area contributed by atoms with E-state index in [1.807, 2.05) is 0 Å². The summed E-state index contributed by atoms with van der Waals surface area (Å²) in [4.78, 5) is 22.3. The summed E-state index contributed by atoms with van der Waals surface area (Å²) in [6.45, 7) is 3.22. The van der Waals surface area contributed by atoms with Gasteiger partial charge in [-0.25, -0.2) is 9.37 Å². The molecule has 0 saturated carbocycles. The maximum Gasteiger partial charge on any atom is 0.274 e. The SMILES string of the molecule is CCCCCN(Cc1ccc(F)cc1)C(=O)c1cnccn1. The minimum absolute atomic E-state index is 0.145. The van der Waals surface area contributed by atoms with Crippen LogP contribution in [0.5, 0.6) is 0 Å². The lowest BCUT2D eigenvalue weighted by molar-refractivity contribution is 0.0733. The third-order valence-corrected chi connectivity index (χ3v) is 3.39. The Hall–Kier alpha value is -2.30. The molecule has 0 spiro atoms. The lowest BCUT2D eigenvalue weighted by atomic mass is 10.1. The van der Waals surface area contributed by atoms with Gasteiger partial charge in [-0.15, -0.1) is 0 Å². The van der Waals surface area contributed by atoms with Crippen LogP contribution in [0.4, 0.5) is 4.39 Å². The molecule has 0 aliphatic heterocycles. The first-order valence-electron chi connectivity index (χ1n) is 7.50. The van der Waals surface area contributed by atoms with E-state index >= 15 is 0 Å². The fourth-order valence-corrected chi connectivity index (χ4v) is 2.19. The van der Waals surface area contributed by atoms with Crippen LogP contribution in [-0.4, -0.2) is 27.3 Å². The lowest BCUT2D eigenvalue weighted by Gasteiger charge is -2.22. The predicted molar refractivity (Wildman–Crippen MR) is 82.7 cm³/mol. The highest BCUT2D eigenvalue weighted by atomic mass is 19.1. The number of benzene rings is 1. The fourth-order valence-electron chi connectivity index (χ4n) is 2.19. The van der Waals surface area contributed by atoms with Crippen molar-refractivity contribution in [1.82, 2.24) is 14.9 Å². The first kappa shape index (κ1) is 16.1. The molecule has 2 rings (SSSR count). The largest absolute Gasteiger partial charge is 0.333 e. The molecule has 0 radical (unpaired) electrons. The molecule has 1 heterocycles. The Labute approximate surface area is 130 Å². The van der Waals surface area contributed by atoms with Crippen molar-refractivity contribution in [3.05, 3.63) is 59.9 Å². The Bertz CT molecular complexity index is 587. The molecule has 0 saturated heterocycles. The summed E-state index contributed by atoms with van der Waals surface area (Å²) in [7, 11) is 0. The van der Waals surface area contributed by atoms with Gasteiger partial charge in [0.1, 0.15) is 11.5 Å². The van der Waals surface area contributed by atoms with Gasteiger partial charge in [-0.3, -0.25) is 9.78 Å². The number of unbranched alkanes of at least 4 members (excludes halogenated alkanes) is 2. The standard InChI is InChI=1S/C17H20FN3O/c1-2-3-4-11-21(13-14-5-7-15(18)8-6-14)17(22)16-12-19-9-10-20-16/h5-10,12H,2-4,11,13H2,1H3. The topological polar surface area (TPSA) is 46.1 Å². The maximum absolute atomic E-state index is 13.0. The Morgan fingerprint density at radius 3 is 2.59 bits per heavy atom. The first-order valence-corrected chi connectivity index (χ1v) is 7.50. The second-order valence-electron chi connectivity index (χ2n) is 5.15. The normalized spacial score (nSPS) is 10.5. The van der Waals surface area contributed by atoms with Gasteiger partial charge in [-0.1, -0.05) is 31.9 Å². The molecule has 0 aliphatic carbocycles. The van der Waals surface area contributed by atoms with E-state index in [1.54, 1.807) is 17.0 Å². The van der Waals surface area contributed by atoms with Crippen molar-refractivity contribution in [1.29, 1.82) is 0 Å². The highest BCUT2D eigenvalue weighted by Gasteiger charge is 2.17. The number of hydrogen-bond donors (Lipinski definition) is 0. The number of nitrogens with zero attached hydrogens (tertiary/aromatic N) is 3. The van der Waals surface area contributed by atoms with Gasteiger partial charge in [0.15, 0.2) is 0 Å². The fraction of sp³-hybridized carbons (Fsp3) is 0.353. The smallest absolute Gasteiger partial charge is 0.274 e. The molecule has 0 unspecified atom stereocenters. The molecule has 22 heavy (non-hydrogen) atoms. The molecule has 1 aromatic heterocycles. The van der Waals surface area contributed by atoms with E-state index in [0.717, 1.165) is 24.8 Å². The van der Waals surface area contributed by atoms with Crippen LogP contribution < -0.4 is 0 Å². The van der Waals surface area contributed by atoms with E-state index < -0.39 is 0 Å². The number of rotatable bonds is 7. The van der Waals surface area contributed by atoms with Gasteiger partial charge in [-0.05, 0) is 24.1 Å². The number of aromatic nitrogens is 2. The van der Waals surface area contributed by atoms with Crippen molar-refractivity contribution >= 4 is 5.91 Å². The highest BCUT2D eigenvalue weighted by molar-refractivity contribution is 5.91. The summed E-state index contributed by atoms with van der Waals surface area (Å²) < 4.78 is 13.0. The molecular weight excluding hydrogens is 281 g/mol. The average Bonchev–Trinajstić information content (AvgIpc) is 2.56. The van der Waals surface area contributed by atoms with Crippen LogP contribution >= 0.6 is 0 Å². The summed E-state index contributed by atoms with van der Waals surface area (Å²) in [6, 6.07) is 6.22. The van der Waals surface area contributed by atoms with Gasteiger partial charge in [0, 0.05) is 25.5 Å². The van der Waals surface area contributed by atoms with E-state index in [0.29, 0.717) is 18.8 Å². The van der Waals surface area contributed by atoms with Crippen LogP contribution in [0.3, 0.4) is 0 Å². The minimum Gasteiger partial charge on any atom is -0.333 e. The molecule has 116 valence electrons. The molecule has 0 atom stereocenters. The molecule has 0 fully saturated rings. The monoisotopic (exact) mass is 301 g/mol. The third-order valence-electron chi connectivity index (χ3n) is 3.39. The molecule has 0 aliphatic rings. The Morgan fingerprint density at radius 2 is 1.95 bits per heavy atom. The number of carbonyl (C=O) groups excluding carboxylic acids is 1. The van der Waals surface area contributed by atoms with E-state index in [-0.39, 0.29) is 11.7 Å². The van der Waals surface area contributed by atoms with Crippen LogP contribution in [0.2, 0.25) is 0 Å². The zero-order valence-corrected chi connectivity index (χ0v) is 12.7. The summed E-state index contributed by atoms with van der Waals surface area (Å²) in [5.74, 6) is -0.421. The quantitative estimate of drug-likeness (QED) is 0.736. The molecule has 1 amide bonds. The summed E-state index contributed by atoms with van der Waals surface area (Å²) in [5, 5.41) is 0. The second kappa shape index (κ2) is 8.22. The van der Waals surface area contributed by atoms with E-state index in [1.165, 1.54) is 30.7 Å². The van der Waals surface area contributed by atoms with Crippen molar-refractivity contribution in [3.8, 4) is 0 Å². The van der Waals surface area contributed by atoms with Crippen molar-refractivity contribution < 1.29 is 9.18 Å². The van der Waals surface area contributed by atoms with Gasteiger partial charge in [-0.2, -0.15) is 0 Å². The second-order valence-corrected chi connectivity index (χ2v) is 5.15. The maximum atomic E-state index is 13.0. The summed E-state index contributed by atoms with van der Waals surface area (Å²) >= 11 is 0. The zero-order chi connectivity index (χ0) is 15.8. The summed E-state index contributed by atoms with van der Waals surface area (Å²) in [6.07, 6.45) is 7.61. The third kappa shape index (κ3) is 4.62. The molecule has 2 aromatic rings. The highest BCUT2D eigenvalue weighted by Crippen LogP contribution is 2.11. The van der Waals surface area contributed by atoms with Crippen LogP contribution in [0.25, 0.3) is 0 Å². The van der Waals surface area contributed by atoms with Gasteiger partial charge >= 0.3 is 0 Å². The number of amides is 1. The molecule has 1 aromatic carbocycles. The average molecular weight is 301 g/mol. The number of carbonyl (C=O) groups is 1. The molecule has 5 heteroatoms. The molecular formula is C17H20FN3O. The molecule has 0 bridgehead atoms. The van der Waals surface area contributed by atoms with E-state index in [2.05, 4.69) is 16.9 Å². The first-order chi connectivity index (χ1) is 10.7.